The Bertz CT molecular complexity index is 3830. The predicted octanol–water partition coefficient (Wildman–Crippen LogP) is 18.2. The molecule has 0 saturated carbocycles. The first-order chi connectivity index (χ1) is 37.7. The molecule has 12 aromatic rings. The Hall–Kier alpha value is -9.56. The molecule has 0 N–H and O–H groups in total. The molecule has 0 atom stereocenters. The van der Waals surface area contributed by atoms with E-state index in [-0.39, 0.29) is 0 Å². The van der Waals surface area contributed by atoms with Gasteiger partial charge in [-0.1, -0.05) is 279 Å². The van der Waals surface area contributed by atoms with E-state index in [4.69, 9.17) is 0 Å². The highest BCUT2D eigenvalue weighted by Crippen LogP contribution is 2.61. The maximum atomic E-state index is 2.52. The van der Waals surface area contributed by atoms with Crippen molar-refractivity contribution in [3.05, 3.63) is 376 Å². The number of anilines is 3. The molecule has 356 valence electrons. The number of rotatable bonds is 9. The van der Waals surface area contributed by atoms with Crippen molar-refractivity contribution in [2.24, 2.45) is 0 Å². The molecule has 0 fully saturated rings. The van der Waals surface area contributed by atoms with Crippen molar-refractivity contribution in [1.82, 2.24) is 0 Å². The molecule has 0 spiro atoms. The highest BCUT2D eigenvalue weighted by Gasteiger charge is 2.49. The van der Waals surface area contributed by atoms with Gasteiger partial charge in [0.25, 0.3) is 0 Å². The molecular formula is C75H51N. The average molecular weight is 966 g/mol. The van der Waals surface area contributed by atoms with Gasteiger partial charge < -0.3 is 4.90 Å². The van der Waals surface area contributed by atoms with Crippen LogP contribution in [0, 0.1) is 0 Å². The summed E-state index contributed by atoms with van der Waals surface area (Å²) in [6, 6.07) is 116. The van der Waals surface area contributed by atoms with Crippen LogP contribution in [0.1, 0.15) is 66.8 Å². The summed E-state index contributed by atoms with van der Waals surface area (Å²) in [5.41, 5.74) is 24.6. The number of hydrogen-bond donors (Lipinski definition) is 0. The lowest BCUT2D eigenvalue weighted by Crippen LogP contribution is -2.29. The van der Waals surface area contributed by atoms with E-state index in [0.717, 1.165) is 17.1 Å². The van der Waals surface area contributed by atoms with Crippen LogP contribution in [0.25, 0.3) is 33.4 Å². The lowest BCUT2D eigenvalue weighted by atomic mass is 9.67. The van der Waals surface area contributed by atoms with E-state index in [2.05, 4.69) is 314 Å². The number of nitrogens with zero attached hydrogens (tertiary/aromatic N) is 1. The van der Waals surface area contributed by atoms with Crippen molar-refractivity contribution in [3.8, 4) is 33.4 Å². The zero-order chi connectivity index (χ0) is 50.3. The normalized spacial score (nSPS) is 14.4. The van der Waals surface area contributed by atoms with Crippen LogP contribution in [0.2, 0.25) is 0 Å². The maximum Gasteiger partial charge on any atom is 0.0714 e. The van der Waals surface area contributed by atoms with E-state index < -0.39 is 16.2 Å². The SMILES string of the molecule is c1ccc(C2(c3ccc(N(c4ccc(C5(c6ccccc6)c6ccccc6-c6ccccc65)cc4)c4cccc5c4-c4ccccc4C5(c4ccccc4)c4ccccc4)cc3)c3ccccc3-c3ccccc32)cc1. The Morgan fingerprint density at radius 1 is 0.184 bits per heavy atom. The lowest BCUT2D eigenvalue weighted by Gasteiger charge is -2.36. The lowest BCUT2D eigenvalue weighted by molar-refractivity contribution is 0.767. The first kappa shape index (κ1) is 44.0. The van der Waals surface area contributed by atoms with Crippen LogP contribution in [0.4, 0.5) is 17.1 Å². The van der Waals surface area contributed by atoms with Crippen molar-refractivity contribution in [1.29, 1.82) is 0 Å². The van der Waals surface area contributed by atoms with E-state index in [1.54, 1.807) is 0 Å². The molecule has 3 aliphatic carbocycles. The predicted molar refractivity (Wildman–Crippen MR) is 313 cm³/mol. The Balaban J connectivity index is 0.979. The number of fused-ring (bicyclic) bond motifs is 9. The number of benzene rings is 12. The van der Waals surface area contributed by atoms with Gasteiger partial charge in [0.2, 0.25) is 0 Å². The topological polar surface area (TPSA) is 3.24 Å². The molecule has 0 aliphatic heterocycles. The van der Waals surface area contributed by atoms with Crippen LogP contribution in [0.3, 0.4) is 0 Å². The van der Waals surface area contributed by atoms with E-state index in [1.807, 2.05) is 0 Å². The van der Waals surface area contributed by atoms with E-state index in [1.165, 1.54) is 100 Å². The standard InChI is InChI=1S/C75H51N/c1-5-24-52(25-6-1)73(65-37-18-13-32-60(65)61-33-14-19-38-66(61)73)56-44-48-58(49-45-56)76(59-50-46-57(47-51-59)74(53-26-7-2-8-27-53)67-39-20-15-34-62(67)63-35-16-21-40-68(63)74)71-43-23-42-70-72(71)64-36-17-22-41-69(64)75(70,54-28-9-3-10-29-54)55-30-11-4-12-31-55/h1-51H. The summed E-state index contributed by atoms with van der Waals surface area (Å²) < 4.78 is 0. The fourth-order valence-corrected chi connectivity index (χ4v) is 14.2. The molecule has 0 radical (unpaired) electrons. The molecule has 0 saturated heterocycles. The van der Waals surface area contributed by atoms with Gasteiger partial charge in [-0.25, -0.2) is 0 Å². The minimum Gasteiger partial charge on any atom is -0.310 e. The van der Waals surface area contributed by atoms with Crippen LogP contribution in [-0.2, 0) is 16.2 Å². The summed E-state index contributed by atoms with van der Waals surface area (Å²) in [4.78, 5) is 2.52. The van der Waals surface area contributed by atoms with E-state index in [0.29, 0.717) is 0 Å². The molecule has 0 amide bonds. The molecule has 15 rings (SSSR count). The quantitative estimate of drug-likeness (QED) is 0.139. The summed E-state index contributed by atoms with van der Waals surface area (Å²) in [6.07, 6.45) is 0. The fraction of sp³-hybridized carbons (Fsp3) is 0.0400. The molecular weight excluding hydrogens is 915 g/mol. The zero-order valence-corrected chi connectivity index (χ0v) is 41.9. The van der Waals surface area contributed by atoms with Crippen molar-refractivity contribution >= 4 is 17.1 Å². The van der Waals surface area contributed by atoms with Crippen LogP contribution in [0.5, 0.6) is 0 Å². The van der Waals surface area contributed by atoms with E-state index >= 15 is 0 Å². The molecule has 12 aromatic carbocycles. The van der Waals surface area contributed by atoms with Gasteiger partial charge in [-0.05, 0) is 125 Å². The first-order valence-electron chi connectivity index (χ1n) is 26.6. The van der Waals surface area contributed by atoms with Crippen LogP contribution < -0.4 is 4.90 Å². The maximum absolute atomic E-state index is 2.52. The summed E-state index contributed by atoms with van der Waals surface area (Å²) in [6.45, 7) is 0. The van der Waals surface area contributed by atoms with Crippen molar-refractivity contribution in [2.45, 2.75) is 16.2 Å². The Morgan fingerprint density at radius 2 is 0.434 bits per heavy atom. The van der Waals surface area contributed by atoms with Gasteiger partial charge in [-0.2, -0.15) is 0 Å². The third-order valence-electron chi connectivity index (χ3n) is 17.1. The highest BCUT2D eigenvalue weighted by atomic mass is 15.1. The summed E-state index contributed by atoms with van der Waals surface area (Å²) in [7, 11) is 0. The molecule has 0 heterocycles. The van der Waals surface area contributed by atoms with Gasteiger partial charge in [0.1, 0.15) is 0 Å². The Labute approximate surface area is 445 Å². The minimum absolute atomic E-state index is 0.517. The fourth-order valence-electron chi connectivity index (χ4n) is 14.2. The summed E-state index contributed by atoms with van der Waals surface area (Å²) in [5.74, 6) is 0. The summed E-state index contributed by atoms with van der Waals surface area (Å²) >= 11 is 0. The second-order valence-corrected chi connectivity index (χ2v) is 20.6. The first-order valence-corrected chi connectivity index (χ1v) is 26.6. The van der Waals surface area contributed by atoms with Gasteiger partial charge in [0.05, 0.1) is 21.9 Å². The van der Waals surface area contributed by atoms with E-state index in [9.17, 15) is 0 Å². The molecule has 1 heteroatoms. The molecule has 0 unspecified atom stereocenters. The Kier molecular flexibility index (Phi) is 9.99. The Morgan fingerprint density at radius 3 is 0.776 bits per heavy atom. The number of hydrogen-bond acceptors (Lipinski definition) is 1. The summed E-state index contributed by atoms with van der Waals surface area (Å²) in [5, 5.41) is 0. The zero-order valence-electron chi connectivity index (χ0n) is 41.9. The van der Waals surface area contributed by atoms with Gasteiger partial charge in [0.15, 0.2) is 0 Å². The van der Waals surface area contributed by atoms with Crippen LogP contribution >= 0.6 is 0 Å². The minimum atomic E-state index is -0.555. The average Bonchev–Trinajstić information content (AvgIpc) is 4.29. The van der Waals surface area contributed by atoms with Crippen molar-refractivity contribution in [2.75, 3.05) is 4.90 Å². The van der Waals surface area contributed by atoms with Gasteiger partial charge in [-0.3, -0.25) is 0 Å². The second-order valence-electron chi connectivity index (χ2n) is 20.6. The molecule has 0 aromatic heterocycles. The second kappa shape index (κ2) is 17.3. The van der Waals surface area contributed by atoms with Gasteiger partial charge >= 0.3 is 0 Å². The molecule has 3 aliphatic rings. The van der Waals surface area contributed by atoms with Gasteiger partial charge in [0, 0.05) is 16.9 Å². The third-order valence-corrected chi connectivity index (χ3v) is 17.1. The molecule has 76 heavy (non-hydrogen) atoms. The van der Waals surface area contributed by atoms with Crippen molar-refractivity contribution < 1.29 is 0 Å². The van der Waals surface area contributed by atoms with Gasteiger partial charge in [-0.15, -0.1) is 0 Å². The van der Waals surface area contributed by atoms with Crippen LogP contribution in [0.15, 0.2) is 309 Å². The molecule has 1 nitrogen and oxygen atoms in total. The largest absolute Gasteiger partial charge is 0.310 e. The smallest absolute Gasteiger partial charge is 0.0714 e. The van der Waals surface area contributed by atoms with Crippen molar-refractivity contribution in [3.63, 3.8) is 0 Å². The third kappa shape index (κ3) is 6.03. The highest BCUT2D eigenvalue weighted by molar-refractivity contribution is 5.98. The van der Waals surface area contributed by atoms with Crippen LogP contribution in [-0.4, -0.2) is 0 Å². The monoisotopic (exact) mass is 965 g/mol. The molecule has 0 bridgehead atoms.